The number of fused-ring (bicyclic) bond motifs is 2. The normalized spacial score (nSPS) is 28.6. The van der Waals surface area contributed by atoms with Crippen LogP contribution < -0.4 is 16.4 Å². The molecule has 5 atom stereocenters. The lowest BCUT2D eigenvalue weighted by atomic mass is 9.99. The van der Waals surface area contributed by atoms with Crippen molar-refractivity contribution in [2.75, 3.05) is 23.8 Å². The number of terminal acetylenes is 1. The maximum atomic E-state index is 11.8. The number of nitrogens with two attached hydrogens (primary N) is 1. The summed E-state index contributed by atoms with van der Waals surface area (Å²) in [5, 5.41) is 16.8. The maximum Gasteiger partial charge on any atom is 0.315 e. The minimum absolute atomic E-state index is 0.00491. The Balaban J connectivity index is 0.000000280. The van der Waals surface area contributed by atoms with Gasteiger partial charge in [0.1, 0.15) is 30.4 Å². The second-order valence-electron chi connectivity index (χ2n) is 8.83. The second-order valence-corrected chi connectivity index (χ2v) is 10.2. The lowest BCUT2D eigenvalue weighted by Gasteiger charge is -2.26. The van der Waals surface area contributed by atoms with Gasteiger partial charge in [-0.25, -0.2) is 9.78 Å². The van der Waals surface area contributed by atoms with E-state index in [2.05, 4.69) is 26.5 Å². The smallest absolute Gasteiger partial charge is 0.315 e. The van der Waals surface area contributed by atoms with Gasteiger partial charge in [0.25, 0.3) is 0 Å². The molecule has 0 spiro atoms. The Labute approximate surface area is 217 Å². The molecule has 3 aliphatic rings. The molecule has 2 aromatic rings. The molecule has 0 radical (unpaired) electrons. The molecule has 1 unspecified atom stereocenters. The monoisotopic (exact) mass is 536 g/mol. The Morgan fingerprint density at radius 2 is 2.17 bits per heavy atom. The first-order chi connectivity index (χ1) is 17.3. The van der Waals surface area contributed by atoms with Gasteiger partial charge < -0.3 is 35.5 Å². The van der Waals surface area contributed by atoms with E-state index >= 15 is 0 Å². The van der Waals surface area contributed by atoms with E-state index in [0.29, 0.717) is 29.5 Å². The first-order valence-electron chi connectivity index (χ1n) is 11.7. The van der Waals surface area contributed by atoms with Crippen LogP contribution in [0.25, 0.3) is 11.0 Å². The van der Waals surface area contributed by atoms with Crippen LogP contribution in [-0.2, 0) is 14.3 Å². The predicted molar refractivity (Wildman–Crippen MR) is 136 cm³/mol. The van der Waals surface area contributed by atoms with Crippen molar-refractivity contribution in [3.8, 4) is 12.3 Å². The van der Waals surface area contributed by atoms with Crippen LogP contribution in [0.1, 0.15) is 38.8 Å². The number of thioether (sulfide) groups is 1. The fourth-order valence-corrected chi connectivity index (χ4v) is 5.73. The number of aromatic nitrogens is 3. The molecule has 2 amide bonds. The van der Waals surface area contributed by atoms with Crippen LogP contribution in [0.15, 0.2) is 12.3 Å². The number of aliphatic hydroxyl groups excluding tert-OH is 1. The topological polar surface area (TPSA) is 154 Å². The van der Waals surface area contributed by atoms with Crippen molar-refractivity contribution in [2.45, 2.75) is 62.6 Å². The van der Waals surface area contributed by atoms with Crippen LogP contribution in [0, 0.1) is 12.3 Å². The van der Waals surface area contributed by atoms with Gasteiger partial charge in [-0.1, -0.05) is 19.3 Å². The van der Waals surface area contributed by atoms with Gasteiger partial charge >= 0.3 is 12.0 Å². The van der Waals surface area contributed by atoms with Gasteiger partial charge in [0.2, 0.25) is 5.28 Å². The van der Waals surface area contributed by atoms with Crippen molar-refractivity contribution in [1.82, 2.24) is 25.2 Å². The van der Waals surface area contributed by atoms with Crippen molar-refractivity contribution < 1.29 is 24.2 Å². The number of hydrogen-bond acceptors (Lipinski definition) is 9. The molecule has 0 aliphatic carbocycles. The molecule has 3 fully saturated rings. The SMILES string of the molecule is C#C[C@]1(COC(=O)CCCC)O[C@@H](n2ccc3c(N)nc(Cl)nc32)CC1O.O=C1N[C@H]2CSC[C@H]2N1. The number of nitrogens with one attached hydrogen (secondary N) is 2. The number of urea groups is 1. The minimum atomic E-state index is -1.43. The molecule has 0 aromatic carbocycles. The Morgan fingerprint density at radius 3 is 2.83 bits per heavy atom. The van der Waals surface area contributed by atoms with Crippen molar-refractivity contribution in [3.05, 3.63) is 17.5 Å². The van der Waals surface area contributed by atoms with Gasteiger partial charge in [-0.05, 0) is 24.1 Å². The number of rotatable bonds is 6. The first kappa shape index (κ1) is 26.3. The van der Waals surface area contributed by atoms with E-state index < -0.39 is 17.9 Å². The Hall–Kier alpha value is -2.72. The van der Waals surface area contributed by atoms with Crippen LogP contribution in [-0.4, -0.2) is 73.5 Å². The summed E-state index contributed by atoms with van der Waals surface area (Å²) in [6.45, 7) is 1.76. The van der Waals surface area contributed by atoms with E-state index in [9.17, 15) is 14.7 Å². The predicted octanol–water partition coefficient (Wildman–Crippen LogP) is 1.84. The summed E-state index contributed by atoms with van der Waals surface area (Å²) in [4.78, 5) is 30.5. The number of aliphatic hydroxyl groups is 1. The number of ether oxygens (including phenoxy) is 2. The largest absolute Gasteiger partial charge is 0.461 e. The average Bonchev–Trinajstić information content (AvgIpc) is 3.60. The van der Waals surface area contributed by atoms with Gasteiger partial charge in [0, 0.05) is 30.5 Å². The molecular formula is C23H29ClN6O5S. The van der Waals surface area contributed by atoms with E-state index in [0.717, 1.165) is 24.3 Å². The van der Waals surface area contributed by atoms with Crippen molar-refractivity contribution in [3.63, 3.8) is 0 Å². The number of halogens is 1. The summed E-state index contributed by atoms with van der Waals surface area (Å²) in [6.07, 6.45) is 7.80. The van der Waals surface area contributed by atoms with Crippen molar-refractivity contribution in [2.24, 2.45) is 0 Å². The fraction of sp³-hybridized carbons (Fsp3) is 0.565. The van der Waals surface area contributed by atoms with E-state index in [1.165, 1.54) is 0 Å². The Bertz CT molecular complexity index is 1160. The molecular weight excluding hydrogens is 508 g/mol. The molecule has 0 saturated carbocycles. The van der Waals surface area contributed by atoms with Crippen molar-refractivity contribution in [1.29, 1.82) is 0 Å². The number of nitrogens with zero attached hydrogens (tertiary/aromatic N) is 3. The fourth-order valence-electron chi connectivity index (χ4n) is 4.28. The van der Waals surface area contributed by atoms with Gasteiger partial charge in [-0.3, -0.25) is 4.79 Å². The molecule has 13 heteroatoms. The van der Waals surface area contributed by atoms with E-state index in [-0.39, 0.29) is 36.1 Å². The summed E-state index contributed by atoms with van der Waals surface area (Å²) >= 11 is 7.79. The molecule has 5 rings (SSSR count). The zero-order valence-corrected chi connectivity index (χ0v) is 21.3. The van der Waals surface area contributed by atoms with E-state index in [1.807, 2.05) is 18.7 Å². The first-order valence-corrected chi connectivity index (χ1v) is 13.2. The number of unbranched alkanes of at least 4 members (excludes halogenated alkanes) is 1. The zero-order valence-electron chi connectivity index (χ0n) is 19.8. The average molecular weight is 537 g/mol. The summed E-state index contributed by atoms with van der Waals surface area (Å²) in [7, 11) is 0. The van der Waals surface area contributed by atoms with Crippen LogP contribution in [0.3, 0.4) is 0 Å². The summed E-state index contributed by atoms with van der Waals surface area (Å²) in [5.74, 6) is 4.48. The molecule has 5 N–H and O–H groups in total. The highest BCUT2D eigenvalue weighted by Gasteiger charge is 2.49. The highest BCUT2D eigenvalue weighted by molar-refractivity contribution is 7.99. The second kappa shape index (κ2) is 11.1. The van der Waals surface area contributed by atoms with Gasteiger partial charge in [0.05, 0.1) is 17.5 Å². The van der Waals surface area contributed by atoms with Gasteiger partial charge in [0.15, 0.2) is 5.60 Å². The summed E-state index contributed by atoms with van der Waals surface area (Å²) < 4.78 is 12.9. The third-order valence-electron chi connectivity index (χ3n) is 6.33. The maximum absolute atomic E-state index is 11.8. The number of carbonyl (C=O) groups excluding carboxylic acids is 2. The highest BCUT2D eigenvalue weighted by Crippen LogP contribution is 2.39. The number of carbonyl (C=O) groups is 2. The highest BCUT2D eigenvalue weighted by atomic mass is 35.5. The van der Waals surface area contributed by atoms with Crippen LogP contribution in [0.5, 0.6) is 0 Å². The minimum Gasteiger partial charge on any atom is -0.461 e. The van der Waals surface area contributed by atoms with E-state index in [1.54, 1.807) is 16.8 Å². The molecule has 36 heavy (non-hydrogen) atoms. The standard InChI is InChI=1S/C18H21ClN4O4.C5H8N2OS/c1-3-5-6-14(25)26-10-18(4-2)12(24)9-13(27-18)23-8-7-11-15(20)21-17(19)22-16(11)23;8-5-6-3-1-9-2-4(3)7-5/h2,7-8,12-13,24H,3,5-6,9-10H2,1H3,(H2,20,21,22);3-4H,1-2H2,(H2,6,7,8)/t12?,13-,18-;3-,4+/m1./s1. The quantitative estimate of drug-likeness (QED) is 0.187. The number of nitrogen functional groups attached to an aromatic ring is 1. The number of amides is 2. The van der Waals surface area contributed by atoms with Crippen molar-refractivity contribution >= 4 is 52.2 Å². The molecule has 2 aromatic heterocycles. The third-order valence-corrected chi connectivity index (χ3v) is 7.69. The lowest BCUT2D eigenvalue weighted by molar-refractivity contribution is -0.156. The molecule has 194 valence electrons. The molecule has 3 saturated heterocycles. The number of esters is 1. The van der Waals surface area contributed by atoms with Gasteiger partial charge in [-0.2, -0.15) is 16.7 Å². The van der Waals surface area contributed by atoms with Crippen LogP contribution >= 0.6 is 23.4 Å². The van der Waals surface area contributed by atoms with Crippen LogP contribution in [0.4, 0.5) is 10.6 Å². The molecule has 3 aliphatic heterocycles. The van der Waals surface area contributed by atoms with Crippen LogP contribution in [0.2, 0.25) is 5.28 Å². The van der Waals surface area contributed by atoms with Gasteiger partial charge in [-0.15, -0.1) is 6.42 Å². The summed E-state index contributed by atoms with van der Waals surface area (Å²) in [6, 6.07) is 2.55. The Morgan fingerprint density at radius 1 is 1.44 bits per heavy atom. The number of hydrogen-bond donors (Lipinski definition) is 4. The molecule has 0 bridgehead atoms. The molecule has 11 nitrogen and oxygen atoms in total. The third kappa shape index (κ3) is 5.49. The zero-order chi connectivity index (χ0) is 25.9. The lowest BCUT2D eigenvalue weighted by Crippen LogP contribution is -2.43. The Kier molecular flexibility index (Phi) is 8.14. The summed E-state index contributed by atoms with van der Waals surface area (Å²) in [5.41, 5.74) is 4.91. The number of anilines is 1. The van der Waals surface area contributed by atoms with E-state index in [4.69, 9.17) is 33.2 Å². The molecule has 5 heterocycles.